The van der Waals surface area contributed by atoms with Crippen LogP contribution >= 0.6 is 0 Å². The van der Waals surface area contributed by atoms with Crippen LogP contribution in [0.3, 0.4) is 0 Å². The summed E-state index contributed by atoms with van der Waals surface area (Å²) >= 11 is 0. The lowest BCUT2D eigenvalue weighted by Gasteiger charge is -2.31. The molecule has 0 bridgehead atoms. The number of sulfonamides is 1. The lowest BCUT2D eigenvalue weighted by Crippen LogP contribution is -2.41. The van der Waals surface area contributed by atoms with Gasteiger partial charge < -0.3 is 4.74 Å². The predicted octanol–water partition coefficient (Wildman–Crippen LogP) is 5.07. The number of hydrogen-bond donors (Lipinski definition) is 0. The third-order valence-electron chi connectivity index (χ3n) is 7.28. The first-order valence-corrected chi connectivity index (χ1v) is 13.9. The summed E-state index contributed by atoms with van der Waals surface area (Å²) in [4.78, 5) is 4.62. The van der Waals surface area contributed by atoms with E-state index in [4.69, 9.17) is 4.74 Å². The first-order chi connectivity index (χ1) is 17.6. The summed E-state index contributed by atoms with van der Waals surface area (Å²) in [6.45, 7) is 9.19. The first kappa shape index (κ1) is 27.2. The second-order valence-corrected chi connectivity index (χ2v) is 11.4. The van der Waals surface area contributed by atoms with E-state index in [0.717, 1.165) is 12.0 Å². The molecule has 0 aliphatic carbocycles. The summed E-state index contributed by atoms with van der Waals surface area (Å²) in [7, 11) is -3.80. The standard InChI is InChI=1S/C27H32F2N4O3S/c1-5-18(3)19-17-22(25-20(28)9-7-10-21(25)29)31-32-26(19)27(4,6-2)23-11-8-12-24(30-23)37(34,35)33-13-15-36-16-14-33/h7-12,17-18H,5-6,13-16H2,1-4H3/t18-,27-/m0/s1. The van der Waals surface area contributed by atoms with Crippen molar-refractivity contribution >= 4 is 10.0 Å². The van der Waals surface area contributed by atoms with Crippen molar-refractivity contribution in [2.75, 3.05) is 26.3 Å². The smallest absolute Gasteiger partial charge is 0.260 e. The van der Waals surface area contributed by atoms with E-state index < -0.39 is 27.1 Å². The van der Waals surface area contributed by atoms with Crippen molar-refractivity contribution in [1.82, 2.24) is 19.5 Å². The molecule has 37 heavy (non-hydrogen) atoms. The normalized spacial score (nSPS) is 17.4. The predicted molar refractivity (Wildman–Crippen MR) is 137 cm³/mol. The molecule has 1 aliphatic heterocycles. The summed E-state index contributed by atoms with van der Waals surface area (Å²) in [6.07, 6.45) is 1.31. The van der Waals surface area contributed by atoms with Crippen LogP contribution in [0.5, 0.6) is 0 Å². The van der Waals surface area contributed by atoms with Crippen molar-refractivity contribution in [2.24, 2.45) is 0 Å². The Morgan fingerprint density at radius 1 is 1.05 bits per heavy atom. The van der Waals surface area contributed by atoms with Gasteiger partial charge in [-0.3, -0.25) is 0 Å². The van der Waals surface area contributed by atoms with Gasteiger partial charge in [-0.25, -0.2) is 22.2 Å². The van der Waals surface area contributed by atoms with Gasteiger partial charge in [-0.05, 0) is 61.6 Å². The van der Waals surface area contributed by atoms with Crippen LogP contribution in [0.1, 0.15) is 63.4 Å². The Kier molecular flexibility index (Phi) is 8.01. The number of morpholine rings is 1. The monoisotopic (exact) mass is 530 g/mol. The SMILES string of the molecule is CC[C@H](C)c1cc(-c2c(F)cccc2F)nnc1[C@@](C)(CC)c1cccc(S(=O)(=O)N2CCOCC2)n1. The fraction of sp³-hybridized carbons (Fsp3) is 0.444. The molecule has 1 saturated heterocycles. The van der Waals surface area contributed by atoms with Crippen molar-refractivity contribution in [1.29, 1.82) is 0 Å². The second-order valence-electron chi connectivity index (χ2n) is 9.50. The summed E-state index contributed by atoms with van der Waals surface area (Å²) in [5, 5.41) is 8.71. The van der Waals surface area contributed by atoms with Gasteiger partial charge >= 0.3 is 0 Å². The summed E-state index contributed by atoms with van der Waals surface area (Å²) in [6, 6.07) is 10.4. The van der Waals surface area contributed by atoms with Gasteiger partial charge in [-0.1, -0.05) is 32.9 Å². The second kappa shape index (κ2) is 10.9. The Bertz CT molecular complexity index is 1360. The molecule has 1 aliphatic rings. The Hall–Kier alpha value is -2.82. The number of hydrogen-bond acceptors (Lipinski definition) is 6. The molecule has 0 saturated carbocycles. The Morgan fingerprint density at radius 3 is 2.32 bits per heavy atom. The molecule has 0 amide bonds. The topological polar surface area (TPSA) is 85.3 Å². The van der Waals surface area contributed by atoms with Crippen molar-refractivity contribution in [3.63, 3.8) is 0 Å². The van der Waals surface area contributed by atoms with Crippen LogP contribution in [0, 0.1) is 11.6 Å². The molecule has 0 radical (unpaired) electrons. The molecular weight excluding hydrogens is 498 g/mol. The van der Waals surface area contributed by atoms with Gasteiger partial charge in [0.25, 0.3) is 10.0 Å². The van der Waals surface area contributed by atoms with Gasteiger partial charge in [-0.15, -0.1) is 5.10 Å². The lowest BCUT2D eigenvalue weighted by molar-refractivity contribution is 0.0729. The Labute approximate surface area is 217 Å². The van der Waals surface area contributed by atoms with Crippen LogP contribution in [0.2, 0.25) is 0 Å². The minimum Gasteiger partial charge on any atom is -0.379 e. The number of nitrogens with zero attached hydrogens (tertiary/aromatic N) is 4. The minimum atomic E-state index is -3.80. The molecule has 1 fully saturated rings. The fourth-order valence-corrected chi connectivity index (χ4v) is 5.91. The third kappa shape index (κ3) is 5.15. The van der Waals surface area contributed by atoms with Gasteiger partial charge in [0.1, 0.15) is 11.6 Å². The average Bonchev–Trinajstić information content (AvgIpc) is 2.92. The number of pyridine rings is 1. The molecular formula is C27H32F2N4O3S. The largest absolute Gasteiger partial charge is 0.379 e. The maximum absolute atomic E-state index is 14.5. The van der Waals surface area contributed by atoms with Crippen molar-refractivity contribution in [3.8, 4) is 11.3 Å². The van der Waals surface area contributed by atoms with Crippen molar-refractivity contribution in [2.45, 2.75) is 56.9 Å². The van der Waals surface area contributed by atoms with Crippen molar-refractivity contribution < 1.29 is 21.9 Å². The molecule has 1 aromatic carbocycles. The molecule has 198 valence electrons. The Balaban J connectivity index is 1.84. The third-order valence-corrected chi connectivity index (χ3v) is 9.08. The quantitative estimate of drug-likeness (QED) is 0.404. The van der Waals surface area contributed by atoms with E-state index in [2.05, 4.69) is 15.2 Å². The van der Waals surface area contributed by atoms with Crippen LogP contribution in [0.15, 0.2) is 47.5 Å². The van der Waals surface area contributed by atoms with Gasteiger partial charge in [0.15, 0.2) is 5.03 Å². The number of halogens is 2. The van der Waals surface area contributed by atoms with E-state index in [9.17, 15) is 17.2 Å². The lowest BCUT2D eigenvalue weighted by atomic mass is 9.76. The highest BCUT2D eigenvalue weighted by Crippen LogP contribution is 2.39. The molecule has 3 aromatic rings. The maximum Gasteiger partial charge on any atom is 0.260 e. The molecule has 0 N–H and O–H groups in total. The van der Waals surface area contributed by atoms with Gasteiger partial charge in [-0.2, -0.15) is 9.40 Å². The Morgan fingerprint density at radius 2 is 1.70 bits per heavy atom. The highest BCUT2D eigenvalue weighted by atomic mass is 32.2. The van der Waals surface area contributed by atoms with Crippen LogP contribution < -0.4 is 0 Å². The van der Waals surface area contributed by atoms with E-state index in [-0.39, 0.29) is 35.3 Å². The summed E-state index contributed by atoms with van der Waals surface area (Å²) in [5.74, 6) is -1.42. The number of benzene rings is 1. The van der Waals surface area contributed by atoms with E-state index in [1.54, 1.807) is 18.2 Å². The van der Waals surface area contributed by atoms with Crippen LogP contribution in [-0.4, -0.2) is 54.2 Å². The number of aromatic nitrogens is 3. The van der Waals surface area contributed by atoms with Gasteiger partial charge in [0, 0.05) is 13.1 Å². The highest BCUT2D eigenvalue weighted by molar-refractivity contribution is 7.89. The number of rotatable bonds is 8. The first-order valence-electron chi connectivity index (χ1n) is 12.5. The zero-order valence-corrected chi connectivity index (χ0v) is 22.4. The minimum absolute atomic E-state index is 0.00484. The molecule has 3 heterocycles. The highest BCUT2D eigenvalue weighted by Gasteiger charge is 2.36. The average molecular weight is 531 g/mol. The maximum atomic E-state index is 14.5. The van der Waals surface area contributed by atoms with E-state index >= 15 is 0 Å². The van der Waals surface area contributed by atoms with Gasteiger partial charge in [0.2, 0.25) is 0 Å². The molecule has 4 rings (SSSR count). The zero-order chi connectivity index (χ0) is 26.8. The molecule has 2 atom stereocenters. The fourth-order valence-electron chi connectivity index (χ4n) is 4.55. The van der Waals surface area contributed by atoms with Crippen LogP contribution in [-0.2, 0) is 20.2 Å². The van der Waals surface area contributed by atoms with E-state index in [1.165, 1.54) is 28.6 Å². The number of ether oxygens (including phenoxy) is 1. The molecule has 0 unspecified atom stereocenters. The van der Waals surface area contributed by atoms with E-state index in [0.29, 0.717) is 31.0 Å². The summed E-state index contributed by atoms with van der Waals surface area (Å²) < 4.78 is 62.3. The molecule has 0 spiro atoms. The van der Waals surface area contributed by atoms with Gasteiger partial charge in [0.05, 0.1) is 41.3 Å². The molecule has 2 aromatic heterocycles. The van der Waals surface area contributed by atoms with Crippen molar-refractivity contribution in [3.05, 3.63) is 71.1 Å². The van der Waals surface area contributed by atoms with Crippen LogP contribution in [0.4, 0.5) is 8.78 Å². The summed E-state index contributed by atoms with van der Waals surface area (Å²) in [5.41, 5.74) is 1.04. The molecule has 7 nitrogen and oxygen atoms in total. The van der Waals surface area contributed by atoms with Crippen LogP contribution in [0.25, 0.3) is 11.3 Å². The zero-order valence-electron chi connectivity index (χ0n) is 21.5. The van der Waals surface area contributed by atoms with E-state index in [1.807, 2.05) is 27.7 Å². The molecule has 10 heteroatoms.